The van der Waals surface area contributed by atoms with Crippen molar-refractivity contribution < 1.29 is 31.5 Å². The Balaban J connectivity index is 2.24. The summed E-state index contributed by atoms with van der Waals surface area (Å²) in [5, 5.41) is 9.27. The van der Waals surface area contributed by atoms with E-state index in [1.165, 1.54) is 24.3 Å². The number of carbonyl (C=O) groups is 1. The number of benzene rings is 2. The Morgan fingerprint density at radius 1 is 1.07 bits per heavy atom. The third-order valence-corrected chi connectivity index (χ3v) is 5.79. The molecule has 158 valence electrons. The first-order valence-corrected chi connectivity index (χ1v) is 10.7. The van der Waals surface area contributed by atoms with Gasteiger partial charge in [0.25, 0.3) is 0 Å². The van der Waals surface area contributed by atoms with Crippen LogP contribution in [0.15, 0.2) is 59.6 Å². The monoisotopic (exact) mass is 437 g/mol. The van der Waals surface area contributed by atoms with Gasteiger partial charge in [0.1, 0.15) is 0 Å². The van der Waals surface area contributed by atoms with E-state index >= 15 is 0 Å². The molecule has 0 bridgehead atoms. The SMILES string of the molecule is Cc1ccc(S(C)(=O)=O)cc1-c1c(CC(=O)O)ccn1-c1ccc(C(F)(F)F)cc1. The third kappa shape index (κ3) is 4.40. The van der Waals surface area contributed by atoms with Gasteiger partial charge in [-0.3, -0.25) is 4.79 Å². The maximum Gasteiger partial charge on any atom is 0.416 e. The van der Waals surface area contributed by atoms with Crippen LogP contribution in [-0.2, 0) is 27.2 Å². The van der Waals surface area contributed by atoms with Crippen molar-refractivity contribution in [3.8, 4) is 16.9 Å². The van der Waals surface area contributed by atoms with Crippen LogP contribution in [0.25, 0.3) is 16.9 Å². The van der Waals surface area contributed by atoms with Crippen molar-refractivity contribution in [2.45, 2.75) is 24.4 Å². The van der Waals surface area contributed by atoms with E-state index in [2.05, 4.69) is 0 Å². The molecule has 0 aliphatic carbocycles. The molecule has 1 heterocycles. The third-order valence-electron chi connectivity index (χ3n) is 4.68. The van der Waals surface area contributed by atoms with Crippen LogP contribution in [0.4, 0.5) is 13.2 Å². The van der Waals surface area contributed by atoms with Crippen LogP contribution in [0.3, 0.4) is 0 Å². The number of halogens is 3. The summed E-state index contributed by atoms with van der Waals surface area (Å²) in [6, 6.07) is 10.5. The summed E-state index contributed by atoms with van der Waals surface area (Å²) in [4.78, 5) is 11.4. The highest BCUT2D eigenvalue weighted by atomic mass is 32.2. The first kappa shape index (κ1) is 21.6. The van der Waals surface area contributed by atoms with Gasteiger partial charge < -0.3 is 9.67 Å². The van der Waals surface area contributed by atoms with Crippen molar-refractivity contribution in [3.05, 3.63) is 71.4 Å². The van der Waals surface area contributed by atoms with Crippen LogP contribution in [0.5, 0.6) is 0 Å². The number of rotatable bonds is 5. The minimum atomic E-state index is -4.48. The number of hydrogen-bond donors (Lipinski definition) is 1. The summed E-state index contributed by atoms with van der Waals surface area (Å²) in [5.41, 5.74) is 1.59. The van der Waals surface area contributed by atoms with Crippen LogP contribution < -0.4 is 0 Å². The molecule has 0 spiro atoms. The predicted octanol–water partition coefficient (Wildman–Crippen LogP) is 4.50. The molecule has 2 aromatic carbocycles. The molecule has 5 nitrogen and oxygen atoms in total. The quantitative estimate of drug-likeness (QED) is 0.638. The molecule has 0 saturated carbocycles. The Bertz CT molecular complexity index is 1210. The molecular formula is C21H18F3NO4S. The molecule has 0 atom stereocenters. The highest BCUT2D eigenvalue weighted by Crippen LogP contribution is 2.34. The first-order valence-electron chi connectivity index (χ1n) is 8.78. The topological polar surface area (TPSA) is 76.4 Å². The zero-order chi connectivity index (χ0) is 22.3. The average Bonchev–Trinajstić information content (AvgIpc) is 3.03. The summed E-state index contributed by atoms with van der Waals surface area (Å²) < 4.78 is 64.3. The van der Waals surface area contributed by atoms with Gasteiger partial charge in [-0.15, -0.1) is 0 Å². The molecule has 9 heteroatoms. The lowest BCUT2D eigenvalue weighted by Crippen LogP contribution is -2.07. The van der Waals surface area contributed by atoms with Crippen molar-refractivity contribution in [1.82, 2.24) is 4.57 Å². The van der Waals surface area contributed by atoms with Crippen LogP contribution >= 0.6 is 0 Å². The molecule has 3 rings (SSSR count). The van der Waals surface area contributed by atoms with Crippen LogP contribution in [0.2, 0.25) is 0 Å². The Hall–Kier alpha value is -3.07. The highest BCUT2D eigenvalue weighted by molar-refractivity contribution is 7.90. The Labute approximate surface area is 171 Å². The van der Waals surface area contributed by atoms with Gasteiger partial charge in [0, 0.05) is 23.7 Å². The molecule has 1 aromatic heterocycles. The molecule has 0 fully saturated rings. The molecular weight excluding hydrogens is 419 g/mol. The molecule has 0 unspecified atom stereocenters. The van der Waals surface area contributed by atoms with Crippen molar-refractivity contribution in [1.29, 1.82) is 0 Å². The van der Waals surface area contributed by atoms with Gasteiger partial charge in [0.15, 0.2) is 9.84 Å². The minimum absolute atomic E-state index is 0.0598. The largest absolute Gasteiger partial charge is 0.481 e. The normalized spacial score (nSPS) is 12.2. The standard InChI is InChI=1S/C21H18F3NO4S/c1-13-3-8-17(30(2,28)29)12-18(13)20-14(11-19(26)27)9-10-25(20)16-6-4-15(5-7-16)21(22,23)24/h3-10,12H,11H2,1-2H3,(H,26,27). The number of aliphatic carboxylic acids is 1. The fourth-order valence-corrected chi connectivity index (χ4v) is 3.84. The van der Waals surface area contributed by atoms with E-state index in [1.54, 1.807) is 29.8 Å². The first-order chi connectivity index (χ1) is 13.9. The van der Waals surface area contributed by atoms with Crippen LogP contribution in [0.1, 0.15) is 16.7 Å². The number of sulfone groups is 1. The molecule has 0 radical (unpaired) electrons. The van der Waals surface area contributed by atoms with Gasteiger partial charge in [-0.1, -0.05) is 6.07 Å². The number of carboxylic acid groups (broad SMARTS) is 1. The lowest BCUT2D eigenvalue weighted by Gasteiger charge is -2.16. The Morgan fingerprint density at radius 2 is 1.70 bits per heavy atom. The van der Waals surface area contributed by atoms with Crippen molar-refractivity contribution in [2.75, 3.05) is 6.26 Å². The van der Waals surface area contributed by atoms with E-state index in [0.717, 1.165) is 18.4 Å². The second-order valence-corrected chi connectivity index (χ2v) is 8.94. The fourth-order valence-electron chi connectivity index (χ4n) is 3.19. The summed E-state index contributed by atoms with van der Waals surface area (Å²) in [5.74, 6) is -1.08. The van der Waals surface area contributed by atoms with E-state index in [0.29, 0.717) is 28.1 Å². The van der Waals surface area contributed by atoms with Gasteiger partial charge in [-0.05, 0) is 60.5 Å². The van der Waals surface area contributed by atoms with Gasteiger partial charge in [-0.2, -0.15) is 13.2 Å². The zero-order valence-electron chi connectivity index (χ0n) is 16.1. The number of hydrogen-bond acceptors (Lipinski definition) is 3. The number of carboxylic acids is 1. The maximum atomic E-state index is 12.9. The van der Waals surface area contributed by atoms with Crippen molar-refractivity contribution in [3.63, 3.8) is 0 Å². The van der Waals surface area contributed by atoms with Crippen LogP contribution in [-0.4, -0.2) is 30.3 Å². The van der Waals surface area contributed by atoms with Gasteiger partial charge >= 0.3 is 12.1 Å². The molecule has 0 amide bonds. The second-order valence-electron chi connectivity index (χ2n) is 6.92. The number of alkyl halides is 3. The zero-order valence-corrected chi connectivity index (χ0v) is 16.9. The molecule has 3 aromatic rings. The summed E-state index contributed by atoms with van der Waals surface area (Å²) in [6.07, 6.45) is -2.18. The highest BCUT2D eigenvalue weighted by Gasteiger charge is 2.30. The Kier molecular flexibility index (Phi) is 5.51. The lowest BCUT2D eigenvalue weighted by atomic mass is 10.0. The second kappa shape index (κ2) is 7.64. The fraction of sp³-hybridized carbons (Fsp3) is 0.190. The van der Waals surface area contributed by atoms with E-state index in [-0.39, 0.29) is 11.3 Å². The molecule has 1 N–H and O–H groups in total. The maximum absolute atomic E-state index is 12.9. The summed E-state index contributed by atoms with van der Waals surface area (Å²) >= 11 is 0. The van der Waals surface area contributed by atoms with Gasteiger partial charge in [0.2, 0.25) is 0 Å². The smallest absolute Gasteiger partial charge is 0.416 e. The number of nitrogens with zero attached hydrogens (tertiary/aromatic N) is 1. The van der Waals surface area contributed by atoms with Crippen molar-refractivity contribution in [2.24, 2.45) is 0 Å². The van der Waals surface area contributed by atoms with E-state index in [1.807, 2.05) is 0 Å². The van der Waals surface area contributed by atoms with Crippen molar-refractivity contribution >= 4 is 15.8 Å². The van der Waals surface area contributed by atoms with Gasteiger partial charge in [-0.25, -0.2) is 8.42 Å². The van der Waals surface area contributed by atoms with Gasteiger partial charge in [0.05, 0.1) is 22.6 Å². The van der Waals surface area contributed by atoms with E-state index in [4.69, 9.17) is 0 Å². The summed E-state index contributed by atoms with van der Waals surface area (Å²) in [6.45, 7) is 1.75. The molecule has 0 saturated heterocycles. The number of aromatic nitrogens is 1. The Morgan fingerprint density at radius 3 is 2.23 bits per heavy atom. The minimum Gasteiger partial charge on any atom is -0.481 e. The molecule has 0 aliphatic rings. The molecule has 0 aliphatic heterocycles. The summed E-state index contributed by atoms with van der Waals surface area (Å²) in [7, 11) is -3.52. The predicted molar refractivity (Wildman–Crippen MR) is 105 cm³/mol. The van der Waals surface area contributed by atoms with E-state index in [9.17, 15) is 31.5 Å². The number of aryl methyl sites for hydroxylation is 1. The van der Waals surface area contributed by atoms with E-state index < -0.39 is 27.5 Å². The average molecular weight is 437 g/mol. The molecule has 30 heavy (non-hydrogen) atoms. The lowest BCUT2D eigenvalue weighted by molar-refractivity contribution is -0.138. The van der Waals surface area contributed by atoms with Crippen LogP contribution in [0, 0.1) is 6.92 Å².